The summed E-state index contributed by atoms with van der Waals surface area (Å²) in [6.07, 6.45) is 0. The highest BCUT2D eigenvalue weighted by molar-refractivity contribution is 5.98. The maximum Gasteiger partial charge on any atom is 0.282 e. The second kappa shape index (κ2) is 5.48. The number of phenols is 1. The molecule has 0 radical (unpaired) electrons. The highest BCUT2D eigenvalue weighted by atomic mass is 16.6. The van der Waals surface area contributed by atoms with Crippen molar-refractivity contribution in [2.45, 2.75) is 26.8 Å². The van der Waals surface area contributed by atoms with Crippen LogP contribution in [0.15, 0.2) is 18.2 Å². The fourth-order valence-corrected chi connectivity index (χ4v) is 1.75. The quantitative estimate of drug-likeness (QED) is 0.657. The number of carbonyl (C=O) groups is 1. The molecule has 6 nitrogen and oxygen atoms in total. The molecule has 0 unspecified atom stereocenters. The van der Waals surface area contributed by atoms with Crippen molar-refractivity contribution < 1.29 is 14.8 Å². The number of nitro groups is 1. The van der Waals surface area contributed by atoms with Gasteiger partial charge in [-0.05, 0) is 32.9 Å². The number of nitrogens with zero attached hydrogens (tertiary/aromatic N) is 2. The zero-order chi connectivity index (χ0) is 13.9. The molecule has 0 atom stereocenters. The van der Waals surface area contributed by atoms with Gasteiger partial charge in [0.2, 0.25) is 0 Å². The van der Waals surface area contributed by atoms with E-state index in [1.807, 2.05) is 13.8 Å². The summed E-state index contributed by atoms with van der Waals surface area (Å²) >= 11 is 0. The Morgan fingerprint density at radius 2 is 2.11 bits per heavy atom. The molecular weight excluding hydrogens is 236 g/mol. The average molecular weight is 252 g/mol. The van der Waals surface area contributed by atoms with Crippen LogP contribution in [0.1, 0.15) is 31.1 Å². The molecule has 1 aromatic rings. The van der Waals surface area contributed by atoms with Crippen molar-refractivity contribution in [1.82, 2.24) is 4.90 Å². The summed E-state index contributed by atoms with van der Waals surface area (Å²) in [5.41, 5.74) is -0.382. The molecule has 0 bridgehead atoms. The van der Waals surface area contributed by atoms with Crippen molar-refractivity contribution in [2.24, 2.45) is 0 Å². The van der Waals surface area contributed by atoms with Crippen molar-refractivity contribution in [3.63, 3.8) is 0 Å². The molecule has 1 N–H and O–H groups in total. The van der Waals surface area contributed by atoms with E-state index in [4.69, 9.17) is 0 Å². The van der Waals surface area contributed by atoms with E-state index in [0.29, 0.717) is 6.54 Å². The summed E-state index contributed by atoms with van der Waals surface area (Å²) in [5, 5.41) is 20.2. The molecule has 1 rings (SSSR count). The molecule has 1 aromatic carbocycles. The summed E-state index contributed by atoms with van der Waals surface area (Å²) in [5.74, 6) is -0.612. The smallest absolute Gasteiger partial charge is 0.282 e. The summed E-state index contributed by atoms with van der Waals surface area (Å²) in [6.45, 7) is 5.90. The van der Waals surface area contributed by atoms with Crippen LogP contribution in [0.4, 0.5) is 5.69 Å². The second-order valence-electron chi connectivity index (χ2n) is 4.14. The minimum atomic E-state index is -0.624. The molecule has 0 aromatic heterocycles. The number of phenolic OH excluding ortho intramolecular Hbond substituents is 1. The highest BCUT2D eigenvalue weighted by Crippen LogP contribution is 2.25. The Hall–Kier alpha value is -2.11. The Bertz CT molecular complexity index is 471. The molecule has 6 heteroatoms. The number of aromatic hydroxyl groups is 1. The van der Waals surface area contributed by atoms with E-state index < -0.39 is 10.8 Å². The molecule has 98 valence electrons. The van der Waals surface area contributed by atoms with Crippen LogP contribution >= 0.6 is 0 Å². The van der Waals surface area contributed by atoms with Gasteiger partial charge in [-0.3, -0.25) is 14.9 Å². The third-order valence-electron chi connectivity index (χ3n) is 2.63. The van der Waals surface area contributed by atoms with E-state index in [0.717, 1.165) is 12.1 Å². The monoisotopic (exact) mass is 252 g/mol. The first kappa shape index (κ1) is 14.0. The van der Waals surface area contributed by atoms with Gasteiger partial charge >= 0.3 is 0 Å². The fourth-order valence-electron chi connectivity index (χ4n) is 1.75. The third-order valence-corrected chi connectivity index (χ3v) is 2.63. The third kappa shape index (κ3) is 2.77. The van der Waals surface area contributed by atoms with Crippen LogP contribution in [0.25, 0.3) is 0 Å². The normalized spacial score (nSPS) is 10.4. The lowest BCUT2D eigenvalue weighted by molar-refractivity contribution is -0.385. The van der Waals surface area contributed by atoms with Gasteiger partial charge in [0.1, 0.15) is 11.3 Å². The van der Waals surface area contributed by atoms with Gasteiger partial charge in [0.15, 0.2) is 0 Å². The zero-order valence-electron chi connectivity index (χ0n) is 10.6. The van der Waals surface area contributed by atoms with Crippen molar-refractivity contribution >= 4 is 11.6 Å². The average Bonchev–Trinajstić information content (AvgIpc) is 2.28. The summed E-state index contributed by atoms with van der Waals surface area (Å²) < 4.78 is 0. The molecule has 0 heterocycles. The molecule has 0 aliphatic carbocycles. The minimum Gasteiger partial charge on any atom is -0.508 e. The number of carbonyl (C=O) groups excluding carboxylic acids is 1. The zero-order valence-corrected chi connectivity index (χ0v) is 10.6. The Morgan fingerprint density at radius 3 is 2.56 bits per heavy atom. The Labute approximate surface area is 105 Å². The first-order valence-corrected chi connectivity index (χ1v) is 5.66. The molecule has 0 spiro atoms. The number of hydrogen-bond donors (Lipinski definition) is 1. The Kier molecular flexibility index (Phi) is 4.25. The van der Waals surface area contributed by atoms with Gasteiger partial charge in [0, 0.05) is 18.7 Å². The molecule has 18 heavy (non-hydrogen) atoms. The number of nitro benzene ring substituents is 1. The van der Waals surface area contributed by atoms with Gasteiger partial charge in [0.25, 0.3) is 11.6 Å². The first-order chi connectivity index (χ1) is 8.38. The summed E-state index contributed by atoms with van der Waals surface area (Å²) in [7, 11) is 0. The standard InChI is InChI=1S/C12H16N2O4/c1-4-13(8(2)3)12(16)10-7-9(15)5-6-11(10)14(17)18/h5-8,15H,4H2,1-3H3. The van der Waals surface area contributed by atoms with Gasteiger partial charge in [-0.15, -0.1) is 0 Å². The van der Waals surface area contributed by atoms with E-state index in [-0.39, 0.29) is 23.0 Å². The summed E-state index contributed by atoms with van der Waals surface area (Å²) in [6, 6.07) is 3.40. The second-order valence-corrected chi connectivity index (χ2v) is 4.14. The molecule has 0 fully saturated rings. The molecule has 0 saturated heterocycles. The predicted molar refractivity (Wildman–Crippen MR) is 66.6 cm³/mol. The number of benzene rings is 1. The molecule has 0 saturated carbocycles. The maximum atomic E-state index is 12.2. The largest absolute Gasteiger partial charge is 0.508 e. The van der Waals surface area contributed by atoms with Gasteiger partial charge in [-0.1, -0.05) is 0 Å². The van der Waals surface area contributed by atoms with Crippen LogP contribution < -0.4 is 0 Å². The van der Waals surface area contributed by atoms with E-state index in [1.54, 1.807) is 6.92 Å². The SMILES string of the molecule is CCN(C(=O)c1cc(O)ccc1[N+](=O)[O-])C(C)C. The number of amides is 1. The van der Waals surface area contributed by atoms with E-state index in [9.17, 15) is 20.0 Å². The van der Waals surface area contributed by atoms with Crippen molar-refractivity contribution in [2.75, 3.05) is 6.54 Å². The van der Waals surface area contributed by atoms with Gasteiger partial charge in [0.05, 0.1) is 4.92 Å². The highest BCUT2D eigenvalue weighted by Gasteiger charge is 2.25. The van der Waals surface area contributed by atoms with Gasteiger partial charge in [-0.25, -0.2) is 0 Å². The minimum absolute atomic E-state index is 0.0653. The first-order valence-electron chi connectivity index (χ1n) is 5.66. The summed E-state index contributed by atoms with van der Waals surface area (Å²) in [4.78, 5) is 24.0. The lowest BCUT2D eigenvalue weighted by atomic mass is 10.1. The fraction of sp³-hybridized carbons (Fsp3) is 0.417. The van der Waals surface area contributed by atoms with Crippen molar-refractivity contribution in [1.29, 1.82) is 0 Å². The number of hydrogen-bond acceptors (Lipinski definition) is 4. The van der Waals surface area contributed by atoms with E-state index in [1.165, 1.54) is 11.0 Å². The van der Waals surface area contributed by atoms with Crippen molar-refractivity contribution in [3.05, 3.63) is 33.9 Å². The maximum absolute atomic E-state index is 12.2. The van der Waals surface area contributed by atoms with E-state index >= 15 is 0 Å². The van der Waals surface area contributed by atoms with Gasteiger partial charge in [-0.2, -0.15) is 0 Å². The Balaban J connectivity index is 3.26. The van der Waals surface area contributed by atoms with Crippen LogP contribution in [0, 0.1) is 10.1 Å². The van der Waals surface area contributed by atoms with Crippen molar-refractivity contribution in [3.8, 4) is 5.75 Å². The molecule has 0 aliphatic rings. The lowest BCUT2D eigenvalue weighted by Crippen LogP contribution is -2.36. The molecule has 1 amide bonds. The Morgan fingerprint density at radius 1 is 1.50 bits per heavy atom. The van der Waals surface area contributed by atoms with Crippen LogP contribution in [-0.4, -0.2) is 33.4 Å². The van der Waals surface area contributed by atoms with Gasteiger partial charge < -0.3 is 10.0 Å². The van der Waals surface area contributed by atoms with Crippen LogP contribution in [-0.2, 0) is 0 Å². The molecular formula is C12H16N2O4. The van der Waals surface area contributed by atoms with Crippen LogP contribution in [0.5, 0.6) is 5.75 Å². The predicted octanol–water partition coefficient (Wildman–Crippen LogP) is 2.17. The molecule has 0 aliphatic heterocycles. The van der Waals surface area contributed by atoms with E-state index in [2.05, 4.69) is 0 Å². The lowest BCUT2D eigenvalue weighted by Gasteiger charge is -2.25. The van der Waals surface area contributed by atoms with Crippen LogP contribution in [0.3, 0.4) is 0 Å². The van der Waals surface area contributed by atoms with Crippen LogP contribution in [0.2, 0.25) is 0 Å². The number of rotatable bonds is 4. The topological polar surface area (TPSA) is 83.7 Å².